The predicted octanol–water partition coefficient (Wildman–Crippen LogP) is 1.54. The molecule has 1 heterocycles. The van der Waals surface area contributed by atoms with Gasteiger partial charge in [0.05, 0.1) is 19.0 Å². The third-order valence-electron chi connectivity index (χ3n) is 4.52. The third-order valence-corrected chi connectivity index (χ3v) is 6.52. The van der Waals surface area contributed by atoms with Gasteiger partial charge >= 0.3 is 0 Å². The molecule has 0 aromatic carbocycles. The van der Waals surface area contributed by atoms with Gasteiger partial charge < -0.3 is 9.84 Å². The van der Waals surface area contributed by atoms with Crippen molar-refractivity contribution >= 4 is 10.0 Å². The second kappa shape index (κ2) is 6.36. The third kappa shape index (κ3) is 3.86. The van der Waals surface area contributed by atoms with Crippen LogP contribution in [0.15, 0.2) is 11.1 Å². The Morgan fingerprint density at radius 1 is 1.38 bits per heavy atom. The Bertz CT molecular complexity index is 504. The van der Waals surface area contributed by atoms with Gasteiger partial charge in [0.15, 0.2) is 0 Å². The molecule has 1 saturated carbocycles. The average molecular weight is 317 g/mol. The molecule has 2 rings (SSSR count). The number of ether oxygens (including phenoxy) is 1. The minimum absolute atomic E-state index is 0.204. The Morgan fingerprint density at radius 3 is 2.57 bits per heavy atom. The zero-order chi connectivity index (χ0) is 15.7. The van der Waals surface area contributed by atoms with Gasteiger partial charge in [0, 0.05) is 13.1 Å². The fraction of sp³-hybridized carbons (Fsp3) is 0.867. The molecule has 122 valence electrons. The van der Waals surface area contributed by atoms with Crippen LogP contribution in [0.1, 0.15) is 40.0 Å². The van der Waals surface area contributed by atoms with Gasteiger partial charge in [0.1, 0.15) is 5.60 Å². The molecule has 0 radical (unpaired) electrons. The lowest BCUT2D eigenvalue weighted by molar-refractivity contribution is 0.0487. The molecule has 1 aliphatic heterocycles. The Balaban J connectivity index is 2.23. The van der Waals surface area contributed by atoms with Gasteiger partial charge in [-0.1, -0.05) is 12.5 Å². The molecule has 0 unspecified atom stereocenters. The predicted molar refractivity (Wildman–Crippen MR) is 82.5 cm³/mol. The molecule has 6 heteroatoms. The monoisotopic (exact) mass is 317 g/mol. The molecular formula is C15H27NO4S. The second-order valence-corrected chi connectivity index (χ2v) is 8.59. The number of hydrogen-bond acceptors (Lipinski definition) is 4. The van der Waals surface area contributed by atoms with Crippen LogP contribution in [0.2, 0.25) is 0 Å². The number of allylic oxidation sites excluding steroid dienone is 1. The molecule has 0 amide bonds. The van der Waals surface area contributed by atoms with Gasteiger partial charge in [-0.3, -0.25) is 0 Å². The van der Waals surface area contributed by atoms with Crippen LogP contribution >= 0.6 is 0 Å². The van der Waals surface area contributed by atoms with E-state index in [-0.39, 0.29) is 5.75 Å². The van der Waals surface area contributed by atoms with Gasteiger partial charge in [0.25, 0.3) is 0 Å². The maximum absolute atomic E-state index is 12.6. The van der Waals surface area contributed by atoms with E-state index in [4.69, 9.17) is 4.74 Å². The second-order valence-electron chi connectivity index (χ2n) is 6.63. The highest BCUT2D eigenvalue weighted by Crippen LogP contribution is 2.39. The van der Waals surface area contributed by atoms with E-state index in [0.717, 1.165) is 24.0 Å². The van der Waals surface area contributed by atoms with E-state index in [9.17, 15) is 13.5 Å². The summed E-state index contributed by atoms with van der Waals surface area (Å²) in [5.41, 5.74) is 0.743. The summed E-state index contributed by atoms with van der Waals surface area (Å²) >= 11 is 0. The zero-order valence-corrected chi connectivity index (χ0v) is 14.1. The van der Waals surface area contributed by atoms with Crippen LogP contribution in [0.3, 0.4) is 0 Å². The standard InChI is InChI=1S/C15H27NO4S/c1-12(2)14-5-4-13(3)10-15(14,17)11-21(18,19)16-6-8-20-9-7-16/h13,17H,4-11H2,1-3H3/t13-,15+/m1/s1. The minimum atomic E-state index is -3.46. The Hall–Kier alpha value is -0.430. The van der Waals surface area contributed by atoms with Crippen molar-refractivity contribution in [3.05, 3.63) is 11.1 Å². The summed E-state index contributed by atoms with van der Waals surface area (Å²) in [5, 5.41) is 11.0. The van der Waals surface area contributed by atoms with Crippen molar-refractivity contribution in [2.24, 2.45) is 5.92 Å². The highest BCUT2D eigenvalue weighted by molar-refractivity contribution is 7.89. The van der Waals surface area contributed by atoms with Gasteiger partial charge in [-0.25, -0.2) is 8.42 Å². The summed E-state index contributed by atoms with van der Waals surface area (Å²) in [5.74, 6) is 0.142. The molecule has 21 heavy (non-hydrogen) atoms. The first kappa shape index (κ1) is 16.9. The van der Waals surface area contributed by atoms with E-state index >= 15 is 0 Å². The van der Waals surface area contributed by atoms with Crippen LogP contribution in [0.5, 0.6) is 0 Å². The lowest BCUT2D eigenvalue weighted by Gasteiger charge is -2.40. The van der Waals surface area contributed by atoms with Crippen LogP contribution in [0.25, 0.3) is 0 Å². The molecule has 2 atom stereocenters. The van der Waals surface area contributed by atoms with Crippen molar-refractivity contribution in [3.8, 4) is 0 Å². The largest absolute Gasteiger partial charge is 0.384 e. The van der Waals surface area contributed by atoms with E-state index < -0.39 is 15.6 Å². The fourth-order valence-corrected chi connectivity index (χ4v) is 5.29. The van der Waals surface area contributed by atoms with Crippen molar-refractivity contribution in [3.63, 3.8) is 0 Å². The lowest BCUT2D eigenvalue weighted by Crippen LogP contribution is -2.50. The lowest BCUT2D eigenvalue weighted by atomic mass is 9.74. The maximum Gasteiger partial charge on any atom is 0.217 e. The number of sulfonamides is 1. The van der Waals surface area contributed by atoms with Crippen LogP contribution in [0.4, 0.5) is 0 Å². The summed E-state index contributed by atoms with van der Waals surface area (Å²) in [6.45, 7) is 7.63. The van der Waals surface area contributed by atoms with Crippen molar-refractivity contribution in [2.45, 2.75) is 45.6 Å². The van der Waals surface area contributed by atoms with Crippen molar-refractivity contribution in [1.29, 1.82) is 0 Å². The van der Waals surface area contributed by atoms with E-state index in [2.05, 4.69) is 6.92 Å². The number of rotatable bonds is 3. The molecule has 1 saturated heterocycles. The molecule has 0 aromatic heterocycles. The summed E-state index contributed by atoms with van der Waals surface area (Å²) in [6, 6.07) is 0. The molecule has 1 aliphatic carbocycles. The molecule has 0 spiro atoms. The van der Waals surface area contributed by atoms with Gasteiger partial charge in [-0.15, -0.1) is 0 Å². The van der Waals surface area contributed by atoms with Gasteiger partial charge in [-0.05, 0) is 44.6 Å². The molecule has 0 bridgehead atoms. The highest BCUT2D eigenvalue weighted by atomic mass is 32.2. The van der Waals surface area contributed by atoms with Gasteiger partial charge in [0.2, 0.25) is 10.0 Å². The van der Waals surface area contributed by atoms with E-state index in [0.29, 0.717) is 38.6 Å². The Kier molecular flexibility index (Phi) is 5.13. The Labute approximate surface area is 128 Å². The highest BCUT2D eigenvalue weighted by Gasteiger charge is 2.43. The molecular weight excluding hydrogens is 290 g/mol. The molecule has 2 fully saturated rings. The van der Waals surface area contributed by atoms with Crippen molar-refractivity contribution in [2.75, 3.05) is 32.1 Å². The topological polar surface area (TPSA) is 66.8 Å². The molecule has 5 nitrogen and oxygen atoms in total. The van der Waals surface area contributed by atoms with Crippen LogP contribution in [0, 0.1) is 5.92 Å². The molecule has 0 aromatic rings. The zero-order valence-electron chi connectivity index (χ0n) is 13.3. The average Bonchev–Trinajstić information content (AvgIpc) is 2.37. The number of nitrogens with zero attached hydrogens (tertiary/aromatic N) is 1. The quantitative estimate of drug-likeness (QED) is 0.802. The van der Waals surface area contributed by atoms with Crippen molar-refractivity contribution in [1.82, 2.24) is 4.31 Å². The SMILES string of the molecule is CC(C)=C1CC[C@@H](C)C[C@]1(O)CS(=O)(=O)N1CCOCC1. The number of hydrogen-bond donors (Lipinski definition) is 1. The van der Waals surface area contributed by atoms with Crippen LogP contribution in [-0.2, 0) is 14.8 Å². The summed E-state index contributed by atoms with van der Waals surface area (Å²) in [6.07, 6.45) is 2.33. The van der Waals surface area contributed by atoms with E-state index in [1.807, 2.05) is 13.8 Å². The summed E-state index contributed by atoms with van der Waals surface area (Å²) in [7, 11) is -3.46. The first-order valence-corrected chi connectivity index (χ1v) is 9.30. The molecule has 2 aliphatic rings. The fourth-order valence-electron chi connectivity index (χ4n) is 3.50. The van der Waals surface area contributed by atoms with E-state index in [1.165, 1.54) is 4.31 Å². The van der Waals surface area contributed by atoms with Crippen LogP contribution < -0.4 is 0 Å². The minimum Gasteiger partial charge on any atom is -0.384 e. The van der Waals surface area contributed by atoms with Crippen molar-refractivity contribution < 1.29 is 18.3 Å². The first-order chi connectivity index (χ1) is 9.74. The van der Waals surface area contributed by atoms with E-state index in [1.54, 1.807) is 0 Å². The van der Waals surface area contributed by atoms with Gasteiger partial charge in [-0.2, -0.15) is 4.31 Å². The summed E-state index contributed by atoms with van der Waals surface area (Å²) < 4.78 is 31.9. The maximum atomic E-state index is 12.6. The summed E-state index contributed by atoms with van der Waals surface area (Å²) in [4.78, 5) is 0. The number of aliphatic hydroxyl groups is 1. The van der Waals surface area contributed by atoms with Crippen LogP contribution in [-0.4, -0.2) is 55.5 Å². The molecule has 1 N–H and O–H groups in total. The Morgan fingerprint density at radius 2 is 2.00 bits per heavy atom. The normalized spacial score (nSPS) is 32.2. The number of morpholine rings is 1. The smallest absolute Gasteiger partial charge is 0.217 e. The first-order valence-electron chi connectivity index (χ1n) is 7.69.